The molecule has 2 aromatic carbocycles. The van der Waals surface area contributed by atoms with Gasteiger partial charge in [-0.05, 0) is 57.9 Å². The van der Waals surface area contributed by atoms with Crippen LogP contribution in [0.15, 0.2) is 53.4 Å². The third-order valence-electron chi connectivity index (χ3n) is 6.07. The van der Waals surface area contributed by atoms with Crippen molar-refractivity contribution >= 4 is 27.3 Å². The summed E-state index contributed by atoms with van der Waals surface area (Å²) in [6.45, 7) is 7.02. The monoisotopic (exact) mass is 452 g/mol. The Morgan fingerprint density at radius 1 is 1.09 bits per heavy atom. The number of hydrogen-bond acceptors (Lipinski definition) is 4. The maximum atomic E-state index is 13.9. The van der Waals surface area contributed by atoms with Crippen molar-refractivity contribution in [3.8, 4) is 0 Å². The molecule has 0 saturated heterocycles. The van der Waals surface area contributed by atoms with Crippen LogP contribution in [0.3, 0.4) is 0 Å². The van der Waals surface area contributed by atoms with E-state index in [0.717, 1.165) is 23.2 Å². The average Bonchev–Trinajstić information content (AvgIpc) is 3.21. The summed E-state index contributed by atoms with van der Waals surface area (Å²) in [7, 11) is -2.31. The number of hydrogen-bond donors (Lipinski definition) is 0. The van der Waals surface area contributed by atoms with Crippen LogP contribution in [0.4, 0.5) is 11.4 Å². The van der Waals surface area contributed by atoms with Gasteiger partial charge in [0.05, 0.1) is 17.1 Å². The minimum absolute atomic E-state index is 0.0377. The number of anilines is 2. The van der Waals surface area contributed by atoms with Crippen molar-refractivity contribution in [3.63, 3.8) is 0 Å². The first kappa shape index (κ1) is 22.1. The molecule has 0 aliphatic carbocycles. The minimum atomic E-state index is -4.02. The van der Waals surface area contributed by atoms with Crippen LogP contribution < -0.4 is 9.21 Å². The van der Waals surface area contributed by atoms with Gasteiger partial charge >= 0.3 is 0 Å². The molecule has 32 heavy (non-hydrogen) atoms. The predicted octanol–water partition coefficient (Wildman–Crippen LogP) is 3.52. The van der Waals surface area contributed by atoms with E-state index in [-0.39, 0.29) is 23.4 Å². The summed E-state index contributed by atoms with van der Waals surface area (Å²) in [4.78, 5) is 15.4. The highest BCUT2D eigenvalue weighted by Crippen LogP contribution is 2.33. The molecular weight excluding hydrogens is 424 g/mol. The Balaban J connectivity index is 1.77. The number of nitrogens with zero attached hydrogens (tertiary/aromatic N) is 4. The lowest BCUT2D eigenvalue weighted by Gasteiger charge is -2.29. The van der Waals surface area contributed by atoms with Gasteiger partial charge in [-0.2, -0.15) is 5.10 Å². The molecule has 0 saturated carbocycles. The Hall–Kier alpha value is -3.13. The van der Waals surface area contributed by atoms with Crippen molar-refractivity contribution in [3.05, 3.63) is 71.0 Å². The fraction of sp³-hybridized carbons (Fsp3) is 0.333. The molecule has 1 unspecified atom stereocenters. The van der Waals surface area contributed by atoms with E-state index < -0.39 is 10.0 Å². The van der Waals surface area contributed by atoms with Crippen molar-refractivity contribution in [2.75, 3.05) is 15.7 Å². The lowest BCUT2D eigenvalue weighted by atomic mass is 10.1. The van der Waals surface area contributed by atoms with Crippen LogP contribution in [0.5, 0.6) is 0 Å². The van der Waals surface area contributed by atoms with E-state index in [1.807, 2.05) is 50.2 Å². The molecule has 1 aliphatic rings. The lowest BCUT2D eigenvalue weighted by molar-refractivity contribution is -0.117. The largest absolute Gasteiger partial charge is 0.307 e. The average molecular weight is 453 g/mol. The van der Waals surface area contributed by atoms with Gasteiger partial charge in [0.1, 0.15) is 11.4 Å². The lowest BCUT2D eigenvalue weighted by Crippen LogP contribution is -2.45. The van der Waals surface area contributed by atoms with E-state index >= 15 is 0 Å². The molecule has 0 fully saturated rings. The fourth-order valence-electron chi connectivity index (χ4n) is 4.41. The van der Waals surface area contributed by atoms with Crippen molar-refractivity contribution < 1.29 is 13.2 Å². The van der Waals surface area contributed by atoms with E-state index in [1.165, 1.54) is 4.31 Å². The summed E-state index contributed by atoms with van der Waals surface area (Å²) in [6.07, 6.45) is 0.750. The van der Waals surface area contributed by atoms with Gasteiger partial charge in [0.15, 0.2) is 0 Å². The Morgan fingerprint density at radius 2 is 1.75 bits per heavy atom. The summed E-state index contributed by atoms with van der Waals surface area (Å²) in [5.74, 6) is -0.259. The molecule has 1 aromatic heterocycles. The number of aryl methyl sites for hydroxylation is 3. The standard InChI is InChI=1S/C24H28N4O3S/c1-16-10-12-21(13-11-16)27(32(30,31)24-18(3)25-26(5)19(24)4)15-23(29)28-17(2)14-20-8-6-7-9-22(20)28/h6-13,17H,14-15H2,1-5H3. The van der Waals surface area contributed by atoms with Crippen molar-refractivity contribution in [2.24, 2.45) is 7.05 Å². The highest BCUT2D eigenvalue weighted by atomic mass is 32.2. The normalized spacial score (nSPS) is 15.7. The van der Waals surface area contributed by atoms with Gasteiger partial charge in [-0.3, -0.25) is 13.8 Å². The minimum Gasteiger partial charge on any atom is -0.307 e. The van der Waals surface area contributed by atoms with Gasteiger partial charge in [-0.1, -0.05) is 35.9 Å². The van der Waals surface area contributed by atoms with Gasteiger partial charge in [0.2, 0.25) is 5.91 Å². The number of rotatable bonds is 5. The van der Waals surface area contributed by atoms with Gasteiger partial charge in [-0.25, -0.2) is 8.42 Å². The van der Waals surface area contributed by atoms with Crippen LogP contribution in [-0.2, 0) is 28.3 Å². The number of aromatic nitrogens is 2. The smallest absolute Gasteiger partial charge is 0.268 e. The van der Waals surface area contributed by atoms with E-state index in [2.05, 4.69) is 5.10 Å². The van der Waals surface area contributed by atoms with Crippen LogP contribution in [0.25, 0.3) is 0 Å². The second kappa shape index (κ2) is 8.09. The zero-order chi connectivity index (χ0) is 23.2. The zero-order valence-corrected chi connectivity index (χ0v) is 19.8. The van der Waals surface area contributed by atoms with E-state index in [1.54, 1.807) is 42.6 Å². The Bertz CT molecular complexity index is 1280. The summed E-state index contributed by atoms with van der Waals surface area (Å²) >= 11 is 0. The molecule has 0 radical (unpaired) electrons. The number of carbonyl (C=O) groups excluding carboxylic acids is 1. The molecule has 1 amide bonds. The van der Waals surface area contributed by atoms with Crippen molar-refractivity contribution in [1.82, 2.24) is 9.78 Å². The summed E-state index contributed by atoms with van der Waals surface area (Å²) < 4.78 is 30.5. The molecule has 0 spiro atoms. The molecule has 0 bridgehead atoms. The van der Waals surface area contributed by atoms with Gasteiger partial charge in [-0.15, -0.1) is 0 Å². The highest BCUT2D eigenvalue weighted by Gasteiger charge is 2.36. The second-order valence-electron chi connectivity index (χ2n) is 8.42. The van der Waals surface area contributed by atoms with Crippen LogP contribution in [0, 0.1) is 20.8 Å². The van der Waals surface area contributed by atoms with Crippen molar-refractivity contribution in [1.29, 1.82) is 0 Å². The quantitative estimate of drug-likeness (QED) is 0.594. The highest BCUT2D eigenvalue weighted by molar-refractivity contribution is 7.93. The molecule has 1 atom stereocenters. The third kappa shape index (κ3) is 3.68. The topological polar surface area (TPSA) is 75.5 Å². The Labute approximate surface area is 189 Å². The first-order valence-corrected chi connectivity index (χ1v) is 12.0. The first-order chi connectivity index (χ1) is 15.1. The summed E-state index contributed by atoms with van der Waals surface area (Å²) in [5, 5.41) is 4.28. The number of benzene rings is 2. The molecule has 3 aromatic rings. The fourth-order valence-corrected chi connectivity index (χ4v) is 6.23. The number of amides is 1. The molecule has 8 heteroatoms. The molecule has 168 valence electrons. The van der Waals surface area contributed by atoms with E-state index in [0.29, 0.717) is 17.1 Å². The predicted molar refractivity (Wildman–Crippen MR) is 125 cm³/mol. The number of fused-ring (bicyclic) bond motifs is 1. The Kier molecular flexibility index (Phi) is 5.58. The molecular formula is C24H28N4O3S. The van der Waals surface area contributed by atoms with Gasteiger partial charge < -0.3 is 4.90 Å². The third-order valence-corrected chi connectivity index (χ3v) is 8.09. The maximum absolute atomic E-state index is 13.9. The Morgan fingerprint density at radius 3 is 2.38 bits per heavy atom. The zero-order valence-electron chi connectivity index (χ0n) is 19.0. The number of sulfonamides is 1. The van der Waals surface area contributed by atoms with E-state index in [9.17, 15) is 13.2 Å². The van der Waals surface area contributed by atoms with Gasteiger partial charge in [0, 0.05) is 18.8 Å². The van der Waals surface area contributed by atoms with Crippen molar-refractivity contribution in [2.45, 2.75) is 45.1 Å². The summed E-state index contributed by atoms with van der Waals surface area (Å²) in [5.41, 5.74) is 4.35. The number of para-hydroxylation sites is 1. The molecule has 4 rings (SSSR count). The van der Waals surface area contributed by atoms with E-state index in [4.69, 9.17) is 0 Å². The molecule has 0 N–H and O–H groups in total. The van der Waals surface area contributed by atoms with Crippen LogP contribution in [0.2, 0.25) is 0 Å². The molecule has 2 heterocycles. The van der Waals surface area contributed by atoms with Crippen LogP contribution in [-0.4, -0.2) is 36.7 Å². The SMILES string of the molecule is Cc1ccc(N(CC(=O)N2c3ccccc3CC2C)S(=O)(=O)c2c(C)nn(C)c2C)cc1. The van der Waals surface area contributed by atoms with Crippen LogP contribution in [0.1, 0.15) is 29.4 Å². The van der Waals surface area contributed by atoms with Gasteiger partial charge in [0.25, 0.3) is 10.0 Å². The second-order valence-corrected chi connectivity index (χ2v) is 10.2. The maximum Gasteiger partial charge on any atom is 0.268 e. The van der Waals surface area contributed by atoms with Crippen LogP contribution >= 0.6 is 0 Å². The molecule has 1 aliphatic heterocycles. The molecule has 7 nitrogen and oxygen atoms in total. The number of carbonyl (C=O) groups is 1. The first-order valence-electron chi connectivity index (χ1n) is 10.6. The summed E-state index contributed by atoms with van der Waals surface area (Å²) in [6, 6.07) is 14.9.